The van der Waals surface area contributed by atoms with Crippen LogP contribution in [-0.2, 0) is 26.2 Å². The number of carbonyl (C=O) groups is 2. The maximum Gasteiger partial charge on any atom is 0.301 e. The highest BCUT2D eigenvalue weighted by atomic mass is 32.2. The van der Waals surface area contributed by atoms with Gasteiger partial charge in [-0.15, -0.1) is 0 Å². The summed E-state index contributed by atoms with van der Waals surface area (Å²) in [5.41, 5.74) is 1.18. The van der Waals surface area contributed by atoms with E-state index in [9.17, 15) is 23.1 Å². The molecule has 1 aromatic rings. The normalized spacial score (nSPS) is 19.7. The second kappa shape index (κ2) is 12.9. The monoisotopic (exact) mass is 494 g/mol. The fourth-order valence-corrected chi connectivity index (χ4v) is 5.14. The molecule has 0 bridgehead atoms. The van der Waals surface area contributed by atoms with E-state index in [2.05, 4.69) is 21.9 Å². The van der Waals surface area contributed by atoms with Gasteiger partial charge in [-0.2, -0.15) is 12.7 Å². The van der Waals surface area contributed by atoms with E-state index in [0.717, 1.165) is 12.0 Å². The van der Waals surface area contributed by atoms with Gasteiger partial charge in [0.15, 0.2) is 0 Å². The van der Waals surface area contributed by atoms with E-state index in [1.165, 1.54) is 4.31 Å². The van der Waals surface area contributed by atoms with Crippen LogP contribution in [0.25, 0.3) is 0 Å². The molecule has 1 fully saturated rings. The Morgan fingerprint density at radius 1 is 1.26 bits per heavy atom. The minimum absolute atomic E-state index is 0.187. The Hall–Kier alpha value is -2.43. The smallest absolute Gasteiger partial charge is 0.301 e. The standard InChI is InChI=1S/C24H38N4O5S/c1-17(2)12-13-28(34(32,33)27-18(3)4)15-23(30)22(14-19-8-6-5-7-9-19)26-24(31)20-10-11-21(20)25-16-29/h5-9,16-17,20-23,27,30H,3,10-15H2,1-2,4H3,(H,25,29)(H,26,31). The molecule has 0 heterocycles. The van der Waals surface area contributed by atoms with Crippen molar-refractivity contribution in [3.05, 3.63) is 48.2 Å². The van der Waals surface area contributed by atoms with Gasteiger partial charge >= 0.3 is 10.2 Å². The summed E-state index contributed by atoms with van der Waals surface area (Å²) in [5.74, 6) is -0.371. The summed E-state index contributed by atoms with van der Waals surface area (Å²) in [6.07, 6.45) is 1.74. The van der Waals surface area contributed by atoms with Gasteiger partial charge in [0.2, 0.25) is 12.3 Å². The van der Waals surface area contributed by atoms with E-state index in [1.54, 1.807) is 6.92 Å². The van der Waals surface area contributed by atoms with Crippen LogP contribution in [-0.4, -0.2) is 61.4 Å². The lowest BCUT2D eigenvalue weighted by atomic mass is 9.78. The van der Waals surface area contributed by atoms with E-state index in [4.69, 9.17) is 0 Å². The molecule has 4 unspecified atom stereocenters. The SMILES string of the molecule is C=C(C)NS(=O)(=O)N(CCC(C)C)CC(O)C(Cc1ccccc1)NC(=O)C1CCC1NC=O. The van der Waals surface area contributed by atoms with Crippen LogP contribution in [0.15, 0.2) is 42.6 Å². The number of aliphatic hydroxyl groups is 1. The van der Waals surface area contributed by atoms with Crippen molar-refractivity contribution in [3.8, 4) is 0 Å². The molecule has 190 valence electrons. The van der Waals surface area contributed by atoms with Crippen molar-refractivity contribution >= 4 is 22.5 Å². The van der Waals surface area contributed by atoms with Crippen molar-refractivity contribution in [2.24, 2.45) is 11.8 Å². The lowest BCUT2D eigenvalue weighted by Crippen LogP contribution is -2.57. The van der Waals surface area contributed by atoms with E-state index in [1.807, 2.05) is 44.2 Å². The minimum atomic E-state index is -3.91. The highest BCUT2D eigenvalue weighted by molar-refractivity contribution is 7.87. The van der Waals surface area contributed by atoms with Gasteiger partial charge in [-0.3, -0.25) is 14.3 Å². The molecule has 1 aliphatic carbocycles. The fraction of sp³-hybridized carbons (Fsp3) is 0.583. The number of benzene rings is 1. The molecule has 2 rings (SSSR count). The Balaban J connectivity index is 2.21. The van der Waals surface area contributed by atoms with E-state index in [-0.39, 0.29) is 42.6 Å². The van der Waals surface area contributed by atoms with Crippen LogP contribution in [0, 0.1) is 11.8 Å². The number of amides is 2. The Labute approximate surface area is 203 Å². The van der Waals surface area contributed by atoms with E-state index >= 15 is 0 Å². The topological polar surface area (TPSA) is 128 Å². The van der Waals surface area contributed by atoms with Crippen molar-refractivity contribution in [2.75, 3.05) is 13.1 Å². The number of nitrogens with zero attached hydrogens (tertiary/aromatic N) is 1. The second-order valence-corrected chi connectivity index (χ2v) is 11.0. The number of carbonyl (C=O) groups excluding carboxylic acids is 2. The summed E-state index contributed by atoms with van der Waals surface area (Å²) in [6, 6.07) is 8.45. The summed E-state index contributed by atoms with van der Waals surface area (Å²) in [7, 11) is -3.91. The number of rotatable bonds is 15. The zero-order valence-electron chi connectivity index (χ0n) is 20.2. The van der Waals surface area contributed by atoms with E-state index in [0.29, 0.717) is 25.7 Å². The first-order chi connectivity index (χ1) is 16.0. The molecule has 1 saturated carbocycles. The third-order valence-corrected chi connectivity index (χ3v) is 7.59. The Kier molecular flexibility index (Phi) is 10.5. The maximum atomic E-state index is 12.9. The molecule has 1 aliphatic rings. The highest BCUT2D eigenvalue weighted by Gasteiger charge is 2.38. The Morgan fingerprint density at radius 3 is 2.47 bits per heavy atom. The van der Waals surface area contributed by atoms with Gasteiger partial charge < -0.3 is 15.7 Å². The van der Waals surface area contributed by atoms with Gasteiger partial charge in [0.05, 0.1) is 18.1 Å². The zero-order chi connectivity index (χ0) is 25.3. The summed E-state index contributed by atoms with van der Waals surface area (Å²) < 4.78 is 29.4. The zero-order valence-corrected chi connectivity index (χ0v) is 21.1. The average Bonchev–Trinajstić information content (AvgIpc) is 2.73. The van der Waals surface area contributed by atoms with Crippen LogP contribution in [0.5, 0.6) is 0 Å². The molecule has 10 heteroatoms. The molecule has 4 N–H and O–H groups in total. The molecule has 0 aromatic heterocycles. The van der Waals surface area contributed by atoms with Gasteiger partial charge in [0.1, 0.15) is 0 Å². The molecule has 0 radical (unpaired) electrons. The third kappa shape index (κ3) is 8.41. The number of hydrogen-bond donors (Lipinski definition) is 4. The lowest BCUT2D eigenvalue weighted by molar-refractivity contribution is -0.130. The predicted molar refractivity (Wildman–Crippen MR) is 132 cm³/mol. The van der Waals surface area contributed by atoms with Gasteiger partial charge in [0, 0.05) is 24.8 Å². The Morgan fingerprint density at radius 2 is 1.94 bits per heavy atom. The van der Waals surface area contributed by atoms with Crippen molar-refractivity contribution in [1.29, 1.82) is 0 Å². The quantitative estimate of drug-likeness (QED) is 0.274. The third-order valence-electron chi connectivity index (χ3n) is 5.97. The first kappa shape index (κ1) is 27.8. The lowest BCUT2D eigenvalue weighted by Gasteiger charge is -2.37. The number of aliphatic hydroxyl groups excluding tert-OH is 1. The van der Waals surface area contributed by atoms with Gasteiger partial charge in [-0.05, 0) is 44.1 Å². The van der Waals surface area contributed by atoms with Crippen molar-refractivity contribution in [2.45, 2.75) is 64.6 Å². The van der Waals surface area contributed by atoms with Gasteiger partial charge in [0.25, 0.3) is 0 Å². The molecule has 34 heavy (non-hydrogen) atoms. The summed E-state index contributed by atoms with van der Waals surface area (Å²) in [6.45, 7) is 9.19. The number of hydrogen-bond acceptors (Lipinski definition) is 5. The molecular weight excluding hydrogens is 456 g/mol. The number of allylic oxidation sites excluding steroid dienone is 1. The summed E-state index contributed by atoms with van der Waals surface area (Å²) in [4.78, 5) is 23.7. The molecule has 4 atom stereocenters. The summed E-state index contributed by atoms with van der Waals surface area (Å²) in [5, 5.41) is 16.7. The van der Waals surface area contributed by atoms with Crippen LogP contribution in [0.4, 0.5) is 0 Å². The van der Waals surface area contributed by atoms with Crippen LogP contribution in [0.3, 0.4) is 0 Å². The van der Waals surface area contributed by atoms with Crippen molar-refractivity contribution in [1.82, 2.24) is 19.7 Å². The molecule has 2 amide bonds. The first-order valence-corrected chi connectivity index (χ1v) is 13.1. The second-order valence-electron chi connectivity index (χ2n) is 9.37. The average molecular weight is 495 g/mol. The first-order valence-electron chi connectivity index (χ1n) is 11.7. The minimum Gasteiger partial charge on any atom is -0.390 e. The maximum absolute atomic E-state index is 12.9. The Bertz CT molecular complexity index is 923. The molecular formula is C24H38N4O5S. The molecule has 0 saturated heterocycles. The van der Waals surface area contributed by atoms with Gasteiger partial charge in [-0.1, -0.05) is 50.8 Å². The van der Waals surface area contributed by atoms with Crippen LogP contribution < -0.4 is 15.4 Å². The number of nitrogens with one attached hydrogen (secondary N) is 3. The molecule has 0 aliphatic heterocycles. The fourth-order valence-electron chi connectivity index (χ4n) is 3.87. The molecule has 1 aromatic carbocycles. The van der Waals surface area contributed by atoms with Crippen molar-refractivity contribution in [3.63, 3.8) is 0 Å². The largest absolute Gasteiger partial charge is 0.390 e. The molecule has 0 spiro atoms. The van der Waals surface area contributed by atoms with Crippen LogP contribution in [0.2, 0.25) is 0 Å². The predicted octanol–water partition coefficient (Wildman–Crippen LogP) is 1.32. The van der Waals surface area contributed by atoms with Gasteiger partial charge in [-0.25, -0.2) is 0 Å². The summed E-state index contributed by atoms with van der Waals surface area (Å²) >= 11 is 0. The van der Waals surface area contributed by atoms with Crippen molar-refractivity contribution < 1.29 is 23.1 Å². The van der Waals surface area contributed by atoms with Crippen LogP contribution in [0.1, 0.15) is 45.6 Å². The van der Waals surface area contributed by atoms with E-state index < -0.39 is 22.4 Å². The van der Waals surface area contributed by atoms with Crippen LogP contribution >= 0.6 is 0 Å². The highest BCUT2D eigenvalue weighted by Crippen LogP contribution is 2.27. The molecule has 9 nitrogen and oxygen atoms in total.